The van der Waals surface area contributed by atoms with Crippen LogP contribution in [0.2, 0.25) is 5.02 Å². The first-order valence-electron chi connectivity index (χ1n) is 9.41. The molecule has 0 bridgehead atoms. The summed E-state index contributed by atoms with van der Waals surface area (Å²) in [5.41, 5.74) is 1.40. The highest BCUT2D eigenvalue weighted by Gasteiger charge is 2.32. The molecule has 1 unspecified atom stereocenters. The number of sulfonamides is 1. The second-order valence-corrected chi connectivity index (χ2v) is 9.40. The SMILES string of the molecule is CCNC(=O)C(c1ccccc1)N(Cc1ccc(Cl)cc1)C(=O)CN(C)S(C)(=O)=O. The molecule has 2 aromatic carbocycles. The molecule has 2 rings (SSSR count). The largest absolute Gasteiger partial charge is 0.354 e. The summed E-state index contributed by atoms with van der Waals surface area (Å²) in [4.78, 5) is 27.6. The molecule has 30 heavy (non-hydrogen) atoms. The zero-order chi connectivity index (χ0) is 22.3. The molecule has 9 heteroatoms. The quantitative estimate of drug-likeness (QED) is 0.634. The lowest BCUT2D eigenvalue weighted by molar-refractivity contribution is -0.141. The maximum atomic E-state index is 13.2. The highest BCUT2D eigenvalue weighted by Crippen LogP contribution is 2.24. The second kappa shape index (κ2) is 10.6. The van der Waals surface area contributed by atoms with E-state index in [1.807, 2.05) is 6.07 Å². The molecule has 0 aliphatic carbocycles. The van der Waals surface area contributed by atoms with E-state index < -0.39 is 22.0 Å². The molecule has 162 valence electrons. The number of nitrogens with zero attached hydrogens (tertiary/aromatic N) is 2. The number of rotatable bonds is 9. The summed E-state index contributed by atoms with van der Waals surface area (Å²) in [6.07, 6.45) is 1.03. The van der Waals surface area contributed by atoms with E-state index >= 15 is 0 Å². The van der Waals surface area contributed by atoms with Crippen molar-refractivity contribution < 1.29 is 18.0 Å². The van der Waals surface area contributed by atoms with Crippen molar-refractivity contribution in [2.24, 2.45) is 0 Å². The van der Waals surface area contributed by atoms with Gasteiger partial charge in [0, 0.05) is 25.2 Å². The van der Waals surface area contributed by atoms with E-state index in [2.05, 4.69) is 5.32 Å². The Balaban J connectivity index is 2.47. The van der Waals surface area contributed by atoms with Crippen molar-refractivity contribution in [1.82, 2.24) is 14.5 Å². The van der Waals surface area contributed by atoms with E-state index in [-0.39, 0.29) is 19.0 Å². The monoisotopic (exact) mass is 451 g/mol. The van der Waals surface area contributed by atoms with Crippen LogP contribution in [0.4, 0.5) is 0 Å². The lowest BCUT2D eigenvalue weighted by Crippen LogP contribution is -2.47. The Hall–Kier alpha value is -2.42. The van der Waals surface area contributed by atoms with Crippen molar-refractivity contribution in [3.8, 4) is 0 Å². The number of benzene rings is 2. The van der Waals surface area contributed by atoms with Crippen LogP contribution in [0.1, 0.15) is 24.1 Å². The van der Waals surface area contributed by atoms with Gasteiger partial charge in [-0.25, -0.2) is 8.42 Å². The predicted molar refractivity (Wildman–Crippen MR) is 117 cm³/mol. The molecule has 2 amide bonds. The van der Waals surface area contributed by atoms with Gasteiger partial charge in [-0.2, -0.15) is 4.31 Å². The highest BCUT2D eigenvalue weighted by atomic mass is 35.5. The third-order valence-electron chi connectivity index (χ3n) is 4.54. The van der Waals surface area contributed by atoms with Crippen LogP contribution in [0.15, 0.2) is 54.6 Å². The van der Waals surface area contributed by atoms with E-state index in [1.54, 1.807) is 55.5 Å². The number of nitrogens with one attached hydrogen (secondary N) is 1. The number of hydrogen-bond acceptors (Lipinski definition) is 4. The van der Waals surface area contributed by atoms with Crippen molar-refractivity contribution in [3.63, 3.8) is 0 Å². The number of amides is 2. The fourth-order valence-electron chi connectivity index (χ4n) is 2.89. The number of hydrogen-bond donors (Lipinski definition) is 1. The molecule has 1 N–H and O–H groups in total. The van der Waals surface area contributed by atoms with Crippen molar-refractivity contribution in [2.75, 3.05) is 26.4 Å². The van der Waals surface area contributed by atoms with Crippen LogP contribution in [0.25, 0.3) is 0 Å². The zero-order valence-electron chi connectivity index (χ0n) is 17.2. The maximum Gasteiger partial charge on any atom is 0.247 e. The lowest BCUT2D eigenvalue weighted by Gasteiger charge is -2.32. The van der Waals surface area contributed by atoms with Crippen LogP contribution >= 0.6 is 11.6 Å². The normalized spacial score (nSPS) is 12.4. The van der Waals surface area contributed by atoms with Gasteiger partial charge in [0.2, 0.25) is 21.8 Å². The lowest BCUT2D eigenvalue weighted by atomic mass is 10.0. The van der Waals surface area contributed by atoms with E-state index in [9.17, 15) is 18.0 Å². The zero-order valence-corrected chi connectivity index (χ0v) is 18.8. The smallest absolute Gasteiger partial charge is 0.247 e. The number of carbonyl (C=O) groups is 2. The number of likely N-dealkylation sites (N-methyl/N-ethyl adjacent to an activating group) is 2. The van der Waals surface area contributed by atoms with Crippen molar-refractivity contribution in [1.29, 1.82) is 0 Å². The molecule has 0 aliphatic heterocycles. The molecule has 0 fully saturated rings. The average molecular weight is 452 g/mol. The molecule has 0 saturated carbocycles. The van der Waals surface area contributed by atoms with Crippen LogP contribution in [0.5, 0.6) is 0 Å². The van der Waals surface area contributed by atoms with E-state index in [1.165, 1.54) is 11.9 Å². The Labute approximate surface area is 182 Å². The Kier molecular flexibility index (Phi) is 8.40. The van der Waals surface area contributed by atoms with Gasteiger partial charge in [-0.15, -0.1) is 0 Å². The summed E-state index contributed by atoms with van der Waals surface area (Å²) in [6.45, 7) is 1.93. The highest BCUT2D eigenvalue weighted by molar-refractivity contribution is 7.88. The van der Waals surface area contributed by atoms with Gasteiger partial charge in [-0.1, -0.05) is 54.1 Å². The molecular formula is C21H26ClN3O4S. The van der Waals surface area contributed by atoms with Gasteiger partial charge in [-0.05, 0) is 30.2 Å². The first kappa shape index (κ1) is 23.9. The van der Waals surface area contributed by atoms with Crippen LogP contribution < -0.4 is 5.32 Å². The summed E-state index contributed by atoms with van der Waals surface area (Å²) >= 11 is 5.96. The number of halogens is 1. The van der Waals surface area contributed by atoms with Gasteiger partial charge >= 0.3 is 0 Å². The van der Waals surface area contributed by atoms with E-state index in [0.717, 1.165) is 16.1 Å². The standard InChI is InChI=1S/C21H26ClN3O4S/c1-4-23-21(27)20(17-8-6-5-7-9-17)25(14-16-10-12-18(22)13-11-16)19(26)15-24(2)30(3,28)29/h5-13,20H,4,14-15H2,1-3H3,(H,23,27). The molecular weight excluding hydrogens is 426 g/mol. The average Bonchev–Trinajstić information content (AvgIpc) is 2.69. The minimum Gasteiger partial charge on any atom is -0.354 e. The first-order valence-corrected chi connectivity index (χ1v) is 11.6. The predicted octanol–water partition coefficient (Wildman–Crippen LogP) is 2.44. The topological polar surface area (TPSA) is 86.8 Å². The Morgan fingerprint density at radius 1 is 1.07 bits per heavy atom. The van der Waals surface area contributed by atoms with Gasteiger partial charge in [0.25, 0.3) is 0 Å². The first-order chi connectivity index (χ1) is 14.1. The molecule has 0 spiro atoms. The second-order valence-electron chi connectivity index (χ2n) is 6.87. The van der Waals surface area contributed by atoms with Crippen molar-refractivity contribution >= 4 is 33.4 Å². The van der Waals surface area contributed by atoms with Gasteiger partial charge < -0.3 is 10.2 Å². The van der Waals surface area contributed by atoms with Gasteiger partial charge in [-0.3, -0.25) is 9.59 Å². The van der Waals surface area contributed by atoms with Crippen LogP contribution in [0.3, 0.4) is 0 Å². The van der Waals surface area contributed by atoms with Crippen LogP contribution in [0, 0.1) is 0 Å². The summed E-state index contributed by atoms with van der Waals surface area (Å²) in [5.74, 6) is -0.828. The maximum absolute atomic E-state index is 13.2. The van der Waals surface area contributed by atoms with Crippen LogP contribution in [-0.2, 0) is 26.2 Å². The summed E-state index contributed by atoms with van der Waals surface area (Å²) in [7, 11) is -2.23. The summed E-state index contributed by atoms with van der Waals surface area (Å²) in [5, 5.41) is 3.32. The van der Waals surface area contributed by atoms with E-state index in [4.69, 9.17) is 11.6 Å². The molecule has 0 radical (unpaired) electrons. The van der Waals surface area contributed by atoms with E-state index in [0.29, 0.717) is 17.1 Å². The van der Waals surface area contributed by atoms with Gasteiger partial charge in [0.1, 0.15) is 6.04 Å². The Bertz CT molecular complexity index is 966. The minimum absolute atomic E-state index is 0.115. The molecule has 0 aromatic heterocycles. The van der Waals surface area contributed by atoms with Gasteiger partial charge in [0.15, 0.2) is 0 Å². The Morgan fingerprint density at radius 2 is 1.67 bits per heavy atom. The molecule has 0 aliphatic rings. The van der Waals surface area contributed by atoms with Crippen LogP contribution in [-0.4, -0.2) is 55.8 Å². The molecule has 0 heterocycles. The minimum atomic E-state index is -3.56. The summed E-state index contributed by atoms with van der Waals surface area (Å²) in [6, 6.07) is 14.9. The van der Waals surface area contributed by atoms with Crippen molar-refractivity contribution in [2.45, 2.75) is 19.5 Å². The third-order valence-corrected chi connectivity index (χ3v) is 6.05. The van der Waals surface area contributed by atoms with Crippen molar-refractivity contribution in [3.05, 3.63) is 70.7 Å². The Morgan fingerprint density at radius 3 is 2.20 bits per heavy atom. The fourth-order valence-corrected chi connectivity index (χ4v) is 3.36. The molecule has 7 nitrogen and oxygen atoms in total. The molecule has 2 aromatic rings. The molecule has 1 atom stereocenters. The fraction of sp³-hybridized carbons (Fsp3) is 0.333. The van der Waals surface area contributed by atoms with Gasteiger partial charge in [0.05, 0.1) is 12.8 Å². The number of carbonyl (C=O) groups excluding carboxylic acids is 2. The molecule has 0 saturated heterocycles. The summed E-state index contributed by atoms with van der Waals surface area (Å²) < 4.78 is 24.6. The third kappa shape index (κ3) is 6.55.